The van der Waals surface area contributed by atoms with Gasteiger partial charge in [0.2, 0.25) is 5.91 Å². The molecule has 7 nitrogen and oxygen atoms in total. The summed E-state index contributed by atoms with van der Waals surface area (Å²) in [6.07, 6.45) is 0.0860. The molecule has 0 N–H and O–H groups in total. The number of fused-ring (bicyclic) bond motifs is 1. The van der Waals surface area contributed by atoms with E-state index in [1.165, 1.54) is 18.0 Å². The maximum absolute atomic E-state index is 12.2. The molecular weight excluding hydrogens is 300 g/mol. The van der Waals surface area contributed by atoms with Gasteiger partial charge in [-0.15, -0.1) is 0 Å². The molecule has 23 heavy (non-hydrogen) atoms. The van der Waals surface area contributed by atoms with Crippen molar-refractivity contribution in [2.75, 3.05) is 25.1 Å². The van der Waals surface area contributed by atoms with Gasteiger partial charge < -0.3 is 9.64 Å². The monoisotopic (exact) mass is 316 g/mol. The zero-order valence-corrected chi connectivity index (χ0v) is 12.9. The van der Waals surface area contributed by atoms with E-state index in [0.29, 0.717) is 11.3 Å². The van der Waals surface area contributed by atoms with Crippen molar-refractivity contribution in [3.05, 3.63) is 29.3 Å². The number of nitrogens with zero attached hydrogens (tertiary/aromatic N) is 2. The highest BCUT2D eigenvalue weighted by atomic mass is 16.5. The Bertz CT molecular complexity index is 727. The van der Waals surface area contributed by atoms with Gasteiger partial charge in [-0.25, -0.2) is 0 Å². The third-order valence-corrected chi connectivity index (χ3v) is 4.13. The maximum Gasteiger partial charge on any atom is 0.311 e. The smallest absolute Gasteiger partial charge is 0.311 e. The average Bonchev–Trinajstić information content (AvgIpc) is 3.02. The molecular formula is C16H16N2O5. The number of anilines is 1. The number of benzene rings is 1. The minimum Gasteiger partial charge on any atom is -0.466 e. The molecule has 7 heteroatoms. The Morgan fingerprint density at radius 3 is 2.61 bits per heavy atom. The van der Waals surface area contributed by atoms with Crippen LogP contribution in [-0.4, -0.2) is 48.8 Å². The molecule has 120 valence electrons. The SMILES string of the molecule is CCOC(=O)[C@@H]1CC(=O)N(c2ccc3c(c2)C(=O)N(C)C3=O)C1. The van der Waals surface area contributed by atoms with E-state index >= 15 is 0 Å². The molecule has 3 rings (SSSR count). The molecule has 0 bridgehead atoms. The van der Waals surface area contributed by atoms with Gasteiger partial charge in [0.05, 0.1) is 23.7 Å². The second kappa shape index (κ2) is 5.49. The van der Waals surface area contributed by atoms with Gasteiger partial charge in [0.1, 0.15) is 0 Å². The zero-order valence-electron chi connectivity index (χ0n) is 12.9. The first-order valence-electron chi connectivity index (χ1n) is 7.37. The second-order valence-corrected chi connectivity index (χ2v) is 5.56. The van der Waals surface area contributed by atoms with Gasteiger partial charge in [0.25, 0.3) is 11.8 Å². The van der Waals surface area contributed by atoms with Gasteiger partial charge in [-0.2, -0.15) is 0 Å². The normalized spacial score (nSPS) is 20.3. The fourth-order valence-corrected chi connectivity index (χ4v) is 2.89. The number of hydrogen-bond donors (Lipinski definition) is 0. The molecule has 1 fully saturated rings. The third kappa shape index (κ3) is 2.38. The summed E-state index contributed by atoms with van der Waals surface area (Å²) in [4.78, 5) is 50.4. The molecule has 2 heterocycles. The number of imide groups is 1. The van der Waals surface area contributed by atoms with E-state index in [1.54, 1.807) is 19.1 Å². The van der Waals surface area contributed by atoms with Crippen LogP contribution in [0, 0.1) is 5.92 Å². The van der Waals surface area contributed by atoms with Gasteiger partial charge >= 0.3 is 5.97 Å². The van der Waals surface area contributed by atoms with Gasteiger partial charge in [-0.05, 0) is 25.1 Å². The van der Waals surface area contributed by atoms with Crippen molar-refractivity contribution in [2.45, 2.75) is 13.3 Å². The summed E-state index contributed by atoms with van der Waals surface area (Å²) < 4.78 is 4.95. The lowest BCUT2D eigenvalue weighted by molar-refractivity contribution is -0.147. The summed E-state index contributed by atoms with van der Waals surface area (Å²) in [7, 11) is 1.42. The highest BCUT2D eigenvalue weighted by Gasteiger charge is 2.38. The van der Waals surface area contributed by atoms with Crippen molar-refractivity contribution >= 4 is 29.4 Å². The number of esters is 1. The Balaban J connectivity index is 1.87. The molecule has 2 aliphatic heterocycles. The summed E-state index contributed by atoms with van der Waals surface area (Å²) >= 11 is 0. The van der Waals surface area contributed by atoms with Crippen LogP contribution in [0.4, 0.5) is 5.69 Å². The van der Waals surface area contributed by atoms with Gasteiger partial charge in [-0.3, -0.25) is 24.1 Å². The number of carbonyl (C=O) groups excluding carboxylic acids is 4. The average molecular weight is 316 g/mol. The van der Waals surface area contributed by atoms with E-state index in [1.807, 2.05) is 0 Å². The van der Waals surface area contributed by atoms with E-state index in [2.05, 4.69) is 0 Å². The standard InChI is InChI=1S/C16H16N2O5/c1-3-23-16(22)9-6-13(19)18(8-9)10-4-5-11-12(7-10)15(21)17(2)14(11)20/h4-5,7,9H,3,6,8H2,1-2H3/t9-/m1/s1. The first-order chi connectivity index (χ1) is 10.9. The van der Waals surface area contributed by atoms with E-state index in [0.717, 1.165) is 4.90 Å². The number of rotatable bonds is 3. The summed E-state index contributed by atoms with van der Waals surface area (Å²) in [6.45, 7) is 2.20. The fraction of sp³-hybridized carbons (Fsp3) is 0.375. The molecule has 1 atom stereocenters. The third-order valence-electron chi connectivity index (χ3n) is 4.13. The molecule has 0 unspecified atom stereocenters. The Kier molecular flexibility index (Phi) is 3.63. The second-order valence-electron chi connectivity index (χ2n) is 5.56. The highest BCUT2D eigenvalue weighted by Crippen LogP contribution is 2.30. The van der Waals surface area contributed by atoms with E-state index in [9.17, 15) is 19.2 Å². The number of carbonyl (C=O) groups is 4. The van der Waals surface area contributed by atoms with Crippen molar-refractivity contribution < 1.29 is 23.9 Å². The minimum absolute atomic E-state index is 0.0860. The number of ether oxygens (including phenoxy) is 1. The molecule has 1 saturated heterocycles. The van der Waals surface area contributed by atoms with E-state index < -0.39 is 11.9 Å². The lowest BCUT2D eigenvalue weighted by atomic mass is 10.1. The van der Waals surface area contributed by atoms with Crippen LogP contribution >= 0.6 is 0 Å². The predicted octanol–water partition coefficient (Wildman–Crippen LogP) is 0.828. The van der Waals surface area contributed by atoms with Crippen LogP contribution < -0.4 is 4.90 Å². The van der Waals surface area contributed by atoms with Crippen LogP contribution in [0.5, 0.6) is 0 Å². The summed E-state index contributed by atoms with van der Waals surface area (Å²) in [5.41, 5.74) is 1.12. The molecule has 0 spiro atoms. The molecule has 0 aromatic heterocycles. The summed E-state index contributed by atoms with van der Waals surface area (Å²) in [6, 6.07) is 4.69. The lowest BCUT2D eigenvalue weighted by Gasteiger charge is -2.17. The van der Waals surface area contributed by atoms with Crippen molar-refractivity contribution in [1.29, 1.82) is 0 Å². The predicted molar refractivity (Wildman–Crippen MR) is 80.0 cm³/mol. The molecule has 0 radical (unpaired) electrons. The van der Waals surface area contributed by atoms with Crippen LogP contribution in [0.1, 0.15) is 34.1 Å². The van der Waals surface area contributed by atoms with Gasteiger partial charge in [0.15, 0.2) is 0 Å². The van der Waals surface area contributed by atoms with E-state index in [-0.39, 0.29) is 42.9 Å². The van der Waals surface area contributed by atoms with Gasteiger partial charge in [-0.1, -0.05) is 0 Å². The molecule has 0 saturated carbocycles. The van der Waals surface area contributed by atoms with Crippen LogP contribution in [-0.2, 0) is 14.3 Å². The van der Waals surface area contributed by atoms with Crippen molar-refractivity contribution in [1.82, 2.24) is 4.90 Å². The maximum atomic E-state index is 12.2. The molecule has 3 amide bonds. The molecule has 1 aromatic rings. The number of amides is 3. The fourth-order valence-electron chi connectivity index (χ4n) is 2.89. The van der Waals surface area contributed by atoms with Crippen LogP contribution in [0.3, 0.4) is 0 Å². The summed E-state index contributed by atoms with van der Waals surface area (Å²) in [5.74, 6) is -1.84. The molecule has 1 aromatic carbocycles. The summed E-state index contributed by atoms with van der Waals surface area (Å²) in [5, 5.41) is 0. The first-order valence-corrected chi connectivity index (χ1v) is 7.37. The minimum atomic E-state index is -0.504. The van der Waals surface area contributed by atoms with Crippen molar-refractivity contribution in [3.8, 4) is 0 Å². The van der Waals surface area contributed by atoms with Crippen molar-refractivity contribution in [3.63, 3.8) is 0 Å². The quantitative estimate of drug-likeness (QED) is 0.609. The Morgan fingerprint density at radius 2 is 1.91 bits per heavy atom. The zero-order chi connectivity index (χ0) is 16.7. The van der Waals surface area contributed by atoms with Crippen LogP contribution in [0.2, 0.25) is 0 Å². The Labute approximate surface area is 132 Å². The first kappa shape index (κ1) is 15.2. The van der Waals surface area contributed by atoms with E-state index in [4.69, 9.17) is 4.74 Å². The van der Waals surface area contributed by atoms with Crippen LogP contribution in [0.25, 0.3) is 0 Å². The Morgan fingerprint density at radius 1 is 1.22 bits per heavy atom. The molecule has 2 aliphatic rings. The largest absolute Gasteiger partial charge is 0.466 e. The number of hydrogen-bond acceptors (Lipinski definition) is 5. The van der Waals surface area contributed by atoms with Gasteiger partial charge in [0, 0.05) is 25.7 Å². The van der Waals surface area contributed by atoms with Crippen LogP contribution in [0.15, 0.2) is 18.2 Å². The topological polar surface area (TPSA) is 84.0 Å². The lowest BCUT2D eigenvalue weighted by Crippen LogP contribution is -2.26. The molecule has 0 aliphatic carbocycles. The highest BCUT2D eigenvalue weighted by molar-refractivity contribution is 6.21. The Hall–Kier alpha value is -2.70. The van der Waals surface area contributed by atoms with Crippen molar-refractivity contribution in [2.24, 2.45) is 5.92 Å².